The minimum atomic E-state index is 0.128. The zero-order valence-electron chi connectivity index (χ0n) is 11.2. The largest absolute Gasteiger partial charge is 0.496 e. The summed E-state index contributed by atoms with van der Waals surface area (Å²) in [4.78, 5) is 11.2. The summed E-state index contributed by atoms with van der Waals surface area (Å²) in [5, 5.41) is 0. The molecule has 0 atom stereocenters. The van der Waals surface area contributed by atoms with Gasteiger partial charge in [-0.3, -0.25) is 4.79 Å². The van der Waals surface area contributed by atoms with E-state index in [0.29, 0.717) is 6.42 Å². The zero-order valence-corrected chi connectivity index (χ0v) is 11.2. The van der Waals surface area contributed by atoms with Crippen molar-refractivity contribution in [3.63, 3.8) is 0 Å². The van der Waals surface area contributed by atoms with Gasteiger partial charge in [0, 0.05) is 17.5 Å². The molecule has 0 spiro atoms. The quantitative estimate of drug-likeness (QED) is 0.788. The van der Waals surface area contributed by atoms with E-state index in [9.17, 15) is 4.79 Å². The van der Waals surface area contributed by atoms with E-state index in [4.69, 9.17) is 9.47 Å². The lowest BCUT2D eigenvalue weighted by atomic mass is 9.96. The zero-order chi connectivity index (χ0) is 13.0. The summed E-state index contributed by atoms with van der Waals surface area (Å²) in [6.45, 7) is 5.74. The third kappa shape index (κ3) is 2.99. The molecule has 3 heteroatoms. The van der Waals surface area contributed by atoms with E-state index in [1.165, 1.54) is 0 Å². The third-order valence-corrected chi connectivity index (χ3v) is 2.68. The molecule has 1 aromatic carbocycles. The Morgan fingerprint density at radius 2 is 1.88 bits per heavy atom. The maximum absolute atomic E-state index is 11.2. The van der Waals surface area contributed by atoms with E-state index < -0.39 is 0 Å². The number of Topliss-reactive ketones (excluding diaryl/α,β-unsaturated/α-hetero) is 1. The molecule has 0 N–H and O–H groups in total. The number of methoxy groups -OCH3 is 2. The number of carbonyl (C=O) groups excluding carboxylic acids is 1. The molecule has 0 aromatic heterocycles. The summed E-state index contributed by atoms with van der Waals surface area (Å²) in [5.74, 6) is 1.99. The molecule has 0 bridgehead atoms. The predicted octanol–water partition coefficient (Wildman–Crippen LogP) is 2.96. The Morgan fingerprint density at radius 1 is 1.24 bits per heavy atom. The highest BCUT2D eigenvalue weighted by molar-refractivity contribution is 5.79. The van der Waals surface area contributed by atoms with Gasteiger partial charge < -0.3 is 9.47 Å². The Hall–Kier alpha value is -1.51. The molecule has 0 unspecified atom stereocenters. The molecular formula is C14H20O3. The van der Waals surface area contributed by atoms with Gasteiger partial charge in [0.15, 0.2) is 0 Å². The fraction of sp³-hybridized carbons (Fsp3) is 0.500. The Balaban J connectivity index is 3.35. The van der Waals surface area contributed by atoms with Crippen LogP contribution in [0.4, 0.5) is 0 Å². The van der Waals surface area contributed by atoms with Crippen LogP contribution in [0.15, 0.2) is 12.1 Å². The average Bonchev–Trinajstić information content (AvgIpc) is 2.27. The first-order valence-corrected chi connectivity index (χ1v) is 5.74. The fourth-order valence-electron chi connectivity index (χ4n) is 2.00. The second-order valence-corrected chi connectivity index (χ2v) is 4.41. The third-order valence-electron chi connectivity index (χ3n) is 2.68. The molecule has 0 fully saturated rings. The maximum atomic E-state index is 11.2. The first kappa shape index (κ1) is 13.6. The van der Waals surface area contributed by atoms with E-state index in [1.54, 1.807) is 21.1 Å². The molecule has 1 aromatic rings. The van der Waals surface area contributed by atoms with Crippen molar-refractivity contribution < 1.29 is 14.3 Å². The van der Waals surface area contributed by atoms with E-state index >= 15 is 0 Å². The molecule has 0 aliphatic heterocycles. The second-order valence-electron chi connectivity index (χ2n) is 4.41. The van der Waals surface area contributed by atoms with Crippen molar-refractivity contribution in [3.05, 3.63) is 23.3 Å². The van der Waals surface area contributed by atoms with Crippen LogP contribution in [0.5, 0.6) is 11.5 Å². The van der Waals surface area contributed by atoms with Crippen molar-refractivity contribution in [2.24, 2.45) is 0 Å². The molecule has 1 rings (SSSR count). The average molecular weight is 236 g/mol. The normalized spacial score (nSPS) is 10.5. The van der Waals surface area contributed by atoms with Gasteiger partial charge in [-0.1, -0.05) is 19.9 Å². The lowest BCUT2D eigenvalue weighted by molar-refractivity contribution is -0.116. The molecule has 0 amide bonds. The van der Waals surface area contributed by atoms with E-state index in [-0.39, 0.29) is 11.7 Å². The minimum Gasteiger partial charge on any atom is -0.496 e. The van der Waals surface area contributed by atoms with Crippen LogP contribution in [0.25, 0.3) is 0 Å². The van der Waals surface area contributed by atoms with Crippen molar-refractivity contribution in [1.29, 1.82) is 0 Å². The highest BCUT2D eigenvalue weighted by atomic mass is 16.5. The number of rotatable bonds is 5. The van der Waals surface area contributed by atoms with Gasteiger partial charge in [-0.05, 0) is 18.9 Å². The van der Waals surface area contributed by atoms with Crippen LogP contribution in [-0.2, 0) is 11.2 Å². The standard InChI is InChI=1S/C14H20O3/c1-9(2)13-12(16-4)7-6-11(8-10(3)15)14(13)17-5/h6-7,9H,8H2,1-5H3. The summed E-state index contributed by atoms with van der Waals surface area (Å²) in [7, 11) is 3.27. The molecule has 0 heterocycles. The van der Waals surface area contributed by atoms with Gasteiger partial charge in [-0.15, -0.1) is 0 Å². The first-order valence-electron chi connectivity index (χ1n) is 5.74. The van der Waals surface area contributed by atoms with Gasteiger partial charge in [0.05, 0.1) is 14.2 Å². The van der Waals surface area contributed by atoms with Gasteiger partial charge in [0.2, 0.25) is 0 Å². The Labute approximate surface area is 103 Å². The molecule has 0 aliphatic carbocycles. The van der Waals surface area contributed by atoms with Gasteiger partial charge in [0.1, 0.15) is 17.3 Å². The van der Waals surface area contributed by atoms with E-state index in [1.807, 2.05) is 12.1 Å². The monoisotopic (exact) mass is 236 g/mol. The number of benzene rings is 1. The SMILES string of the molecule is COc1ccc(CC(C)=O)c(OC)c1C(C)C. The van der Waals surface area contributed by atoms with Gasteiger partial charge in [0.25, 0.3) is 0 Å². The molecular weight excluding hydrogens is 216 g/mol. The predicted molar refractivity (Wildman–Crippen MR) is 68.0 cm³/mol. The summed E-state index contributed by atoms with van der Waals surface area (Å²) >= 11 is 0. The van der Waals surface area contributed by atoms with E-state index in [2.05, 4.69) is 13.8 Å². The van der Waals surface area contributed by atoms with Crippen LogP contribution in [0.3, 0.4) is 0 Å². The van der Waals surface area contributed by atoms with Gasteiger partial charge in [-0.2, -0.15) is 0 Å². The highest BCUT2D eigenvalue weighted by Crippen LogP contribution is 2.37. The summed E-state index contributed by atoms with van der Waals surface area (Å²) in [6, 6.07) is 3.79. The van der Waals surface area contributed by atoms with Crippen molar-refractivity contribution in [2.75, 3.05) is 14.2 Å². The van der Waals surface area contributed by atoms with Crippen molar-refractivity contribution in [3.8, 4) is 11.5 Å². The lowest BCUT2D eigenvalue weighted by Gasteiger charge is -2.18. The Bertz CT molecular complexity index is 408. The number of hydrogen-bond donors (Lipinski definition) is 0. The van der Waals surface area contributed by atoms with Crippen LogP contribution in [0.1, 0.15) is 37.8 Å². The first-order chi connectivity index (χ1) is 8.01. The van der Waals surface area contributed by atoms with Crippen LogP contribution in [-0.4, -0.2) is 20.0 Å². The van der Waals surface area contributed by atoms with Crippen molar-refractivity contribution >= 4 is 5.78 Å². The smallest absolute Gasteiger partial charge is 0.134 e. The molecule has 17 heavy (non-hydrogen) atoms. The lowest BCUT2D eigenvalue weighted by Crippen LogP contribution is -2.05. The van der Waals surface area contributed by atoms with Crippen LogP contribution < -0.4 is 9.47 Å². The number of carbonyl (C=O) groups is 1. The molecule has 0 saturated heterocycles. The summed E-state index contributed by atoms with van der Waals surface area (Å²) in [6.07, 6.45) is 0.396. The summed E-state index contributed by atoms with van der Waals surface area (Å²) in [5.41, 5.74) is 1.94. The minimum absolute atomic E-state index is 0.128. The van der Waals surface area contributed by atoms with Crippen molar-refractivity contribution in [2.45, 2.75) is 33.1 Å². The second kappa shape index (κ2) is 5.71. The van der Waals surface area contributed by atoms with Crippen molar-refractivity contribution in [1.82, 2.24) is 0 Å². The topological polar surface area (TPSA) is 35.5 Å². The van der Waals surface area contributed by atoms with Crippen LogP contribution in [0.2, 0.25) is 0 Å². The highest BCUT2D eigenvalue weighted by Gasteiger charge is 2.18. The Morgan fingerprint density at radius 3 is 2.29 bits per heavy atom. The molecule has 3 nitrogen and oxygen atoms in total. The number of hydrogen-bond acceptors (Lipinski definition) is 3. The van der Waals surface area contributed by atoms with Crippen LogP contribution in [0, 0.1) is 0 Å². The molecule has 0 radical (unpaired) electrons. The Kier molecular flexibility index (Phi) is 4.55. The van der Waals surface area contributed by atoms with Gasteiger partial charge in [-0.25, -0.2) is 0 Å². The summed E-state index contributed by atoms with van der Waals surface area (Å²) < 4.78 is 10.8. The van der Waals surface area contributed by atoms with Gasteiger partial charge >= 0.3 is 0 Å². The molecule has 0 aliphatic rings. The maximum Gasteiger partial charge on any atom is 0.134 e. The molecule has 0 saturated carbocycles. The molecule has 94 valence electrons. The van der Waals surface area contributed by atoms with Crippen LogP contribution >= 0.6 is 0 Å². The fourth-order valence-corrected chi connectivity index (χ4v) is 2.00. The number of ketones is 1. The van der Waals surface area contributed by atoms with E-state index in [0.717, 1.165) is 22.6 Å². The number of ether oxygens (including phenoxy) is 2.